The van der Waals surface area contributed by atoms with E-state index in [2.05, 4.69) is 85.0 Å². The Morgan fingerprint density at radius 3 is 1.76 bits per heavy atom. The minimum atomic E-state index is 1.01. The van der Waals surface area contributed by atoms with E-state index >= 15 is 0 Å². The fraction of sp³-hybridized carbons (Fsp3) is 0.120. The first-order valence-electron chi connectivity index (χ1n) is 9.10. The second kappa shape index (κ2) is 6.57. The van der Waals surface area contributed by atoms with Gasteiger partial charge in [0, 0.05) is 0 Å². The molecule has 122 valence electrons. The molecule has 25 heavy (non-hydrogen) atoms. The first-order valence-corrected chi connectivity index (χ1v) is 9.10. The summed E-state index contributed by atoms with van der Waals surface area (Å²) in [5, 5.41) is 10.5. The average molecular weight is 322 g/mol. The van der Waals surface area contributed by atoms with Crippen molar-refractivity contribution >= 4 is 44.5 Å². The zero-order valence-corrected chi connectivity index (χ0v) is 14.8. The number of fused-ring (bicyclic) bond motifs is 4. The summed E-state index contributed by atoms with van der Waals surface area (Å²) in [6.45, 7) is 4.00. The standard InChI is InChI=1S/C23H16.C2H6/c1-2-6-16-10-20-14-22-12-18-8-4-5-9-19(18)13-23(22)15-21(20)11-17(16)7-3-1;1-2/h1-2,4-15H,3H2;1-2H3. The summed E-state index contributed by atoms with van der Waals surface area (Å²) in [6.07, 6.45) is 9.88. The van der Waals surface area contributed by atoms with Gasteiger partial charge >= 0.3 is 0 Å². The molecule has 0 radical (unpaired) electrons. The number of rotatable bonds is 0. The third-order valence-electron chi connectivity index (χ3n) is 4.75. The Morgan fingerprint density at radius 1 is 0.600 bits per heavy atom. The summed E-state index contributed by atoms with van der Waals surface area (Å²) in [4.78, 5) is 0. The Labute approximate surface area is 148 Å². The molecule has 0 saturated carbocycles. The van der Waals surface area contributed by atoms with Crippen molar-refractivity contribution in [1.82, 2.24) is 0 Å². The van der Waals surface area contributed by atoms with Gasteiger partial charge in [-0.25, -0.2) is 0 Å². The van der Waals surface area contributed by atoms with Crippen molar-refractivity contribution in [3.8, 4) is 0 Å². The van der Waals surface area contributed by atoms with E-state index in [0.29, 0.717) is 0 Å². The number of benzene rings is 4. The SMILES string of the molecule is C1=CCC=c2cc3cc4cc5ccccc5cc4cc3cc2=C1.CC. The molecule has 0 unspecified atom stereocenters. The zero-order chi connectivity index (χ0) is 17.2. The number of hydrogen-bond donors (Lipinski definition) is 0. The third-order valence-corrected chi connectivity index (χ3v) is 4.75. The summed E-state index contributed by atoms with van der Waals surface area (Å²) in [5.74, 6) is 0. The Balaban J connectivity index is 0.000000758. The molecule has 0 aromatic heterocycles. The second-order valence-corrected chi connectivity index (χ2v) is 6.26. The van der Waals surface area contributed by atoms with Crippen molar-refractivity contribution in [2.45, 2.75) is 20.3 Å². The van der Waals surface area contributed by atoms with Crippen LogP contribution >= 0.6 is 0 Å². The van der Waals surface area contributed by atoms with Gasteiger partial charge in [-0.2, -0.15) is 0 Å². The summed E-state index contributed by atoms with van der Waals surface area (Å²) in [6, 6.07) is 22.4. The maximum Gasteiger partial charge on any atom is -0.0157 e. The predicted molar refractivity (Wildman–Crippen MR) is 112 cm³/mol. The van der Waals surface area contributed by atoms with Crippen LogP contribution < -0.4 is 10.4 Å². The largest absolute Gasteiger partial charge is 0.0807 e. The van der Waals surface area contributed by atoms with E-state index in [0.717, 1.165) is 6.42 Å². The van der Waals surface area contributed by atoms with Crippen LogP contribution in [0.5, 0.6) is 0 Å². The van der Waals surface area contributed by atoms with Crippen LogP contribution in [-0.2, 0) is 0 Å². The fourth-order valence-electron chi connectivity index (χ4n) is 3.55. The molecule has 0 bridgehead atoms. The highest BCUT2D eigenvalue weighted by atomic mass is 14.1. The molecule has 0 saturated heterocycles. The van der Waals surface area contributed by atoms with Crippen LogP contribution in [0.1, 0.15) is 20.3 Å². The van der Waals surface area contributed by atoms with Crippen molar-refractivity contribution in [3.63, 3.8) is 0 Å². The number of allylic oxidation sites excluding steroid dienone is 2. The van der Waals surface area contributed by atoms with Gasteiger partial charge in [0.1, 0.15) is 0 Å². The maximum atomic E-state index is 2.32. The van der Waals surface area contributed by atoms with Gasteiger partial charge in [0.2, 0.25) is 0 Å². The van der Waals surface area contributed by atoms with Crippen LogP contribution in [-0.4, -0.2) is 0 Å². The van der Waals surface area contributed by atoms with Gasteiger partial charge in [-0.05, 0) is 85.6 Å². The molecular weight excluding hydrogens is 300 g/mol. The molecular formula is C25H22. The molecule has 0 atom stereocenters. The molecule has 5 rings (SSSR count). The van der Waals surface area contributed by atoms with Crippen LogP contribution in [0, 0.1) is 0 Å². The molecule has 1 aliphatic rings. The fourth-order valence-corrected chi connectivity index (χ4v) is 3.55. The predicted octanol–water partition coefficient (Wildman–Crippen LogP) is 5.69. The van der Waals surface area contributed by atoms with Crippen molar-refractivity contribution in [3.05, 3.63) is 83.3 Å². The highest BCUT2D eigenvalue weighted by Crippen LogP contribution is 2.26. The third kappa shape index (κ3) is 2.85. The van der Waals surface area contributed by atoms with Crippen molar-refractivity contribution in [2.75, 3.05) is 0 Å². The summed E-state index contributed by atoms with van der Waals surface area (Å²) >= 11 is 0. The summed E-state index contributed by atoms with van der Waals surface area (Å²) < 4.78 is 0. The van der Waals surface area contributed by atoms with Gasteiger partial charge < -0.3 is 0 Å². The van der Waals surface area contributed by atoms with E-state index in [1.54, 1.807) is 0 Å². The van der Waals surface area contributed by atoms with E-state index in [1.807, 2.05) is 13.8 Å². The van der Waals surface area contributed by atoms with Gasteiger partial charge in [-0.15, -0.1) is 0 Å². The maximum absolute atomic E-state index is 2.32. The van der Waals surface area contributed by atoms with Crippen LogP contribution in [0.15, 0.2) is 72.8 Å². The van der Waals surface area contributed by atoms with Gasteiger partial charge in [-0.3, -0.25) is 0 Å². The van der Waals surface area contributed by atoms with Crippen molar-refractivity contribution < 1.29 is 0 Å². The average Bonchev–Trinajstić information content (AvgIpc) is 2.89. The van der Waals surface area contributed by atoms with E-state index in [-0.39, 0.29) is 0 Å². The molecule has 0 amide bonds. The lowest BCUT2D eigenvalue weighted by atomic mass is 9.99. The smallest absolute Gasteiger partial charge is 0.0157 e. The van der Waals surface area contributed by atoms with Gasteiger partial charge in [0.15, 0.2) is 0 Å². The quantitative estimate of drug-likeness (QED) is 0.365. The highest BCUT2D eigenvalue weighted by Gasteiger charge is 2.02. The van der Waals surface area contributed by atoms with Gasteiger partial charge in [0.05, 0.1) is 0 Å². The number of hydrogen-bond acceptors (Lipinski definition) is 0. The molecule has 0 heteroatoms. The minimum absolute atomic E-state index is 1.01. The van der Waals surface area contributed by atoms with Crippen LogP contribution in [0.3, 0.4) is 0 Å². The van der Waals surface area contributed by atoms with E-state index in [9.17, 15) is 0 Å². The molecule has 1 aliphatic carbocycles. The van der Waals surface area contributed by atoms with E-state index in [4.69, 9.17) is 0 Å². The summed E-state index contributed by atoms with van der Waals surface area (Å²) in [7, 11) is 0. The minimum Gasteiger partial charge on any atom is -0.0807 e. The molecule has 0 N–H and O–H groups in total. The molecule has 0 fully saturated rings. The van der Waals surface area contributed by atoms with Crippen LogP contribution in [0.4, 0.5) is 0 Å². The van der Waals surface area contributed by atoms with E-state index in [1.165, 1.54) is 42.8 Å². The van der Waals surface area contributed by atoms with Crippen molar-refractivity contribution in [1.29, 1.82) is 0 Å². The Bertz CT molecular complexity index is 1220. The molecule has 0 heterocycles. The molecule has 0 nitrogen and oxygen atoms in total. The topological polar surface area (TPSA) is 0 Å². The Kier molecular flexibility index (Phi) is 4.11. The molecule has 4 aromatic rings. The van der Waals surface area contributed by atoms with Crippen LogP contribution in [0.2, 0.25) is 0 Å². The lowest BCUT2D eigenvalue weighted by Crippen LogP contribution is -2.23. The van der Waals surface area contributed by atoms with Crippen LogP contribution in [0.25, 0.3) is 44.5 Å². The lowest BCUT2D eigenvalue weighted by Gasteiger charge is -2.06. The Hall–Kier alpha value is -2.86. The first-order chi connectivity index (χ1) is 12.4. The highest BCUT2D eigenvalue weighted by molar-refractivity contribution is 6.04. The molecule has 4 aromatic carbocycles. The normalized spacial score (nSPS) is 12.7. The monoisotopic (exact) mass is 322 g/mol. The first kappa shape index (κ1) is 15.7. The van der Waals surface area contributed by atoms with Crippen molar-refractivity contribution in [2.24, 2.45) is 0 Å². The van der Waals surface area contributed by atoms with Gasteiger partial charge in [0.25, 0.3) is 0 Å². The Morgan fingerprint density at radius 2 is 1.12 bits per heavy atom. The summed E-state index contributed by atoms with van der Waals surface area (Å²) in [5.41, 5.74) is 0. The molecule has 0 spiro atoms. The lowest BCUT2D eigenvalue weighted by molar-refractivity contribution is 1.47. The van der Waals surface area contributed by atoms with Gasteiger partial charge in [-0.1, -0.05) is 62.4 Å². The zero-order valence-electron chi connectivity index (χ0n) is 14.8. The second-order valence-electron chi connectivity index (χ2n) is 6.26. The van der Waals surface area contributed by atoms with E-state index < -0.39 is 0 Å². The molecule has 0 aliphatic heterocycles.